The molecular weight excluding hydrogens is 377 g/mol. The van der Waals surface area contributed by atoms with Crippen molar-refractivity contribution in [3.05, 3.63) is 57.0 Å². The summed E-state index contributed by atoms with van der Waals surface area (Å²) in [5.74, 6) is -1.87. The first-order valence-corrected chi connectivity index (χ1v) is 7.87. The zero-order valence-electron chi connectivity index (χ0n) is 12.2. The number of anilines is 2. The lowest BCUT2D eigenvalue weighted by Crippen LogP contribution is -2.15. The van der Waals surface area contributed by atoms with Crippen LogP contribution in [0.15, 0.2) is 36.4 Å². The van der Waals surface area contributed by atoms with E-state index < -0.39 is 18.5 Å². The smallest absolute Gasteiger partial charge is 0.341 e. The van der Waals surface area contributed by atoms with Crippen LogP contribution in [0.3, 0.4) is 0 Å². The summed E-state index contributed by atoms with van der Waals surface area (Å²) in [5.41, 5.74) is 1.65. The third-order valence-electron chi connectivity index (χ3n) is 2.98. The van der Waals surface area contributed by atoms with Gasteiger partial charge in [-0.1, -0.05) is 53.0 Å². The zero-order valence-corrected chi connectivity index (χ0v) is 14.5. The fraction of sp³-hybridized carbons (Fsp3) is 0.125. The molecule has 0 aliphatic heterocycles. The molecule has 0 bridgehead atoms. The molecule has 0 atom stereocenters. The number of hydrogen-bond acceptors (Lipinski definition) is 4. The van der Waals surface area contributed by atoms with Gasteiger partial charge in [0.15, 0.2) is 6.61 Å². The molecule has 5 nitrogen and oxygen atoms in total. The normalized spacial score (nSPS) is 10.3. The molecule has 126 valence electrons. The minimum Gasteiger partial charge on any atom is -0.479 e. The SMILES string of the molecule is O=C(O)COC(=O)Cc1ccccc1Nc1c(Cl)cc(Cl)cc1Cl. The number of nitrogens with one attached hydrogen (secondary N) is 1. The van der Waals surface area contributed by atoms with Crippen LogP contribution in [0, 0.1) is 0 Å². The number of halogens is 3. The zero-order chi connectivity index (χ0) is 17.7. The summed E-state index contributed by atoms with van der Waals surface area (Å²) in [6.45, 7) is -0.677. The van der Waals surface area contributed by atoms with Gasteiger partial charge in [0.25, 0.3) is 0 Å². The molecule has 2 rings (SSSR count). The van der Waals surface area contributed by atoms with Crippen molar-refractivity contribution >= 4 is 58.1 Å². The van der Waals surface area contributed by atoms with Gasteiger partial charge >= 0.3 is 11.9 Å². The molecule has 8 heteroatoms. The summed E-state index contributed by atoms with van der Waals surface area (Å²) in [4.78, 5) is 22.2. The Balaban J connectivity index is 2.20. The van der Waals surface area contributed by atoms with Crippen LogP contribution in [0.25, 0.3) is 0 Å². The second kappa shape index (κ2) is 8.24. The monoisotopic (exact) mass is 387 g/mol. The van der Waals surface area contributed by atoms with E-state index in [-0.39, 0.29) is 6.42 Å². The highest BCUT2D eigenvalue weighted by Crippen LogP contribution is 2.36. The molecule has 0 aliphatic rings. The van der Waals surface area contributed by atoms with E-state index in [1.807, 2.05) is 0 Å². The number of carbonyl (C=O) groups is 2. The van der Waals surface area contributed by atoms with Crippen molar-refractivity contribution in [3.63, 3.8) is 0 Å². The fourth-order valence-electron chi connectivity index (χ4n) is 1.94. The summed E-state index contributed by atoms with van der Waals surface area (Å²) in [6, 6.07) is 10.0. The first-order chi connectivity index (χ1) is 11.4. The molecule has 0 amide bonds. The standard InChI is InChI=1S/C16H12Cl3NO4/c17-10-6-11(18)16(12(19)7-10)20-13-4-2-1-3-9(13)5-15(23)24-8-14(21)22/h1-4,6-7,20H,5,8H2,(H,21,22). The number of hydrogen-bond donors (Lipinski definition) is 2. The van der Waals surface area contributed by atoms with Crippen molar-refractivity contribution in [2.45, 2.75) is 6.42 Å². The lowest BCUT2D eigenvalue weighted by Gasteiger charge is -2.14. The van der Waals surface area contributed by atoms with Gasteiger partial charge in [0.2, 0.25) is 0 Å². The van der Waals surface area contributed by atoms with E-state index in [2.05, 4.69) is 10.1 Å². The van der Waals surface area contributed by atoms with E-state index in [1.165, 1.54) is 0 Å². The van der Waals surface area contributed by atoms with Crippen molar-refractivity contribution < 1.29 is 19.4 Å². The van der Waals surface area contributed by atoms with E-state index in [0.717, 1.165) is 0 Å². The summed E-state index contributed by atoms with van der Waals surface area (Å²) in [6.07, 6.45) is -0.0979. The average molecular weight is 389 g/mol. The molecule has 0 unspecified atom stereocenters. The van der Waals surface area contributed by atoms with Gasteiger partial charge in [0, 0.05) is 10.7 Å². The predicted molar refractivity (Wildman–Crippen MR) is 93.5 cm³/mol. The Morgan fingerprint density at radius 3 is 2.33 bits per heavy atom. The lowest BCUT2D eigenvalue weighted by molar-refractivity contribution is -0.154. The summed E-state index contributed by atoms with van der Waals surface area (Å²) in [5, 5.41) is 12.7. The number of aliphatic carboxylic acids is 1. The fourth-order valence-corrected chi connectivity index (χ4v) is 2.85. The number of para-hydroxylation sites is 1. The minimum absolute atomic E-state index is 0.0979. The maximum atomic E-state index is 11.7. The summed E-state index contributed by atoms with van der Waals surface area (Å²) >= 11 is 18.2. The summed E-state index contributed by atoms with van der Waals surface area (Å²) in [7, 11) is 0. The van der Waals surface area contributed by atoms with Crippen molar-refractivity contribution in [3.8, 4) is 0 Å². The predicted octanol–water partition coefficient (Wildman–Crippen LogP) is 4.56. The molecule has 0 radical (unpaired) electrons. The second-order valence-corrected chi connectivity index (χ2v) is 6.01. The molecule has 0 spiro atoms. The van der Waals surface area contributed by atoms with Crippen molar-refractivity contribution in [2.24, 2.45) is 0 Å². The highest BCUT2D eigenvalue weighted by Gasteiger charge is 2.13. The van der Waals surface area contributed by atoms with Crippen LogP contribution < -0.4 is 5.32 Å². The van der Waals surface area contributed by atoms with Crippen LogP contribution in [-0.4, -0.2) is 23.7 Å². The highest BCUT2D eigenvalue weighted by atomic mass is 35.5. The van der Waals surface area contributed by atoms with Crippen LogP contribution in [-0.2, 0) is 20.7 Å². The number of carbonyl (C=O) groups excluding carboxylic acids is 1. The topological polar surface area (TPSA) is 75.6 Å². The quantitative estimate of drug-likeness (QED) is 0.709. The Morgan fingerprint density at radius 2 is 1.71 bits per heavy atom. The molecule has 0 saturated heterocycles. The third kappa shape index (κ3) is 5.03. The van der Waals surface area contributed by atoms with E-state index >= 15 is 0 Å². The van der Waals surface area contributed by atoms with E-state index in [1.54, 1.807) is 36.4 Å². The number of rotatable bonds is 6. The van der Waals surface area contributed by atoms with E-state index in [4.69, 9.17) is 39.9 Å². The highest BCUT2D eigenvalue weighted by molar-refractivity contribution is 6.41. The number of carboxylic acid groups (broad SMARTS) is 1. The molecule has 0 aromatic heterocycles. The molecule has 0 fully saturated rings. The molecule has 0 aliphatic carbocycles. The van der Waals surface area contributed by atoms with Crippen molar-refractivity contribution in [1.82, 2.24) is 0 Å². The van der Waals surface area contributed by atoms with Gasteiger partial charge in [-0.25, -0.2) is 4.79 Å². The second-order valence-electron chi connectivity index (χ2n) is 4.76. The van der Waals surface area contributed by atoms with Gasteiger partial charge in [-0.2, -0.15) is 0 Å². The molecule has 2 aromatic carbocycles. The average Bonchev–Trinajstić information content (AvgIpc) is 2.50. The van der Waals surface area contributed by atoms with Crippen LogP contribution in [0.5, 0.6) is 0 Å². The molecule has 0 saturated carbocycles. The van der Waals surface area contributed by atoms with Gasteiger partial charge in [0.1, 0.15) is 0 Å². The number of esters is 1. The van der Waals surface area contributed by atoms with Crippen molar-refractivity contribution in [2.75, 3.05) is 11.9 Å². The number of benzene rings is 2. The molecule has 0 heterocycles. The van der Waals surface area contributed by atoms with Crippen LogP contribution in [0.4, 0.5) is 11.4 Å². The third-order valence-corrected chi connectivity index (χ3v) is 3.79. The van der Waals surface area contributed by atoms with Crippen LogP contribution in [0.2, 0.25) is 15.1 Å². The lowest BCUT2D eigenvalue weighted by atomic mass is 10.1. The molecule has 24 heavy (non-hydrogen) atoms. The van der Waals surface area contributed by atoms with Gasteiger partial charge in [-0.05, 0) is 23.8 Å². The largest absolute Gasteiger partial charge is 0.479 e. The Bertz CT molecular complexity index is 757. The Hall–Kier alpha value is -1.95. The van der Waals surface area contributed by atoms with Gasteiger partial charge in [-0.15, -0.1) is 0 Å². The minimum atomic E-state index is -1.21. The Kier molecular flexibility index (Phi) is 6.31. The van der Waals surface area contributed by atoms with Crippen LogP contribution in [0.1, 0.15) is 5.56 Å². The molecular formula is C16H12Cl3NO4. The van der Waals surface area contributed by atoms with Crippen molar-refractivity contribution in [1.29, 1.82) is 0 Å². The first-order valence-electron chi connectivity index (χ1n) is 6.73. The number of ether oxygens (including phenoxy) is 1. The maximum Gasteiger partial charge on any atom is 0.341 e. The van der Waals surface area contributed by atoms with Gasteiger partial charge in [0.05, 0.1) is 22.2 Å². The molecule has 2 aromatic rings. The molecule has 2 N–H and O–H groups in total. The summed E-state index contributed by atoms with van der Waals surface area (Å²) < 4.78 is 4.64. The van der Waals surface area contributed by atoms with E-state index in [0.29, 0.717) is 32.0 Å². The first kappa shape index (κ1) is 18.4. The Morgan fingerprint density at radius 1 is 1.08 bits per heavy atom. The van der Waals surface area contributed by atoms with Gasteiger partial charge in [-0.3, -0.25) is 4.79 Å². The maximum absolute atomic E-state index is 11.7. The van der Waals surface area contributed by atoms with Crippen LogP contribution >= 0.6 is 34.8 Å². The number of carboxylic acids is 1. The van der Waals surface area contributed by atoms with E-state index in [9.17, 15) is 9.59 Å². The Labute approximate surface area is 153 Å². The van der Waals surface area contributed by atoms with Gasteiger partial charge < -0.3 is 15.2 Å².